The normalized spacial score (nSPS) is 32.1. The highest BCUT2D eigenvalue weighted by molar-refractivity contribution is 4.96. The summed E-state index contributed by atoms with van der Waals surface area (Å²) >= 11 is 0. The van der Waals surface area contributed by atoms with Gasteiger partial charge in [0.25, 0.3) is 0 Å². The third kappa shape index (κ3) is 3.82. The van der Waals surface area contributed by atoms with E-state index in [-0.39, 0.29) is 5.60 Å². The van der Waals surface area contributed by atoms with Gasteiger partial charge in [-0.2, -0.15) is 0 Å². The van der Waals surface area contributed by atoms with Crippen molar-refractivity contribution in [2.45, 2.75) is 95.6 Å². The molecule has 0 radical (unpaired) electrons. The van der Waals surface area contributed by atoms with Crippen LogP contribution < -0.4 is 5.32 Å². The van der Waals surface area contributed by atoms with Gasteiger partial charge in [-0.15, -0.1) is 0 Å². The Morgan fingerprint density at radius 3 is 2.33 bits per heavy atom. The molecule has 0 aromatic carbocycles. The number of rotatable bonds is 4. The van der Waals surface area contributed by atoms with Gasteiger partial charge in [0.2, 0.25) is 0 Å². The smallest absolute Gasteiger partial charge is 0.0685 e. The Hall–Kier alpha value is -0.0800. The van der Waals surface area contributed by atoms with Crippen LogP contribution in [0.4, 0.5) is 0 Å². The van der Waals surface area contributed by atoms with Crippen molar-refractivity contribution >= 4 is 0 Å². The predicted molar refractivity (Wildman–Crippen MR) is 88.5 cm³/mol. The lowest BCUT2D eigenvalue weighted by Crippen LogP contribution is -2.48. The predicted octanol–water partition coefficient (Wildman–Crippen LogP) is 4.67. The second-order valence-corrected chi connectivity index (χ2v) is 7.83. The lowest BCUT2D eigenvalue weighted by Gasteiger charge is -2.44. The SMILES string of the molecule is CCNC(C1CCCCCC1)C1CCOC2(CCCC2)C1. The van der Waals surface area contributed by atoms with Crippen LogP contribution in [0.15, 0.2) is 0 Å². The van der Waals surface area contributed by atoms with Gasteiger partial charge >= 0.3 is 0 Å². The van der Waals surface area contributed by atoms with Crippen molar-refractivity contribution in [3.05, 3.63) is 0 Å². The first-order valence-corrected chi connectivity index (χ1v) is 9.70. The molecule has 3 fully saturated rings. The molecular weight excluding hydrogens is 258 g/mol. The zero-order valence-electron chi connectivity index (χ0n) is 14.0. The Balaban J connectivity index is 1.67. The average Bonchev–Trinajstić information content (AvgIpc) is 2.77. The maximum Gasteiger partial charge on any atom is 0.0685 e. The van der Waals surface area contributed by atoms with Gasteiger partial charge in [0.05, 0.1) is 5.60 Å². The maximum absolute atomic E-state index is 6.27. The monoisotopic (exact) mass is 293 g/mol. The Bertz CT molecular complexity index is 303. The summed E-state index contributed by atoms with van der Waals surface area (Å²) in [6, 6.07) is 0.759. The molecule has 2 nitrogen and oxygen atoms in total. The van der Waals surface area contributed by atoms with E-state index in [9.17, 15) is 0 Å². The van der Waals surface area contributed by atoms with Crippen molar-refractivity contribution in [3.63, 3.8) is 0 Å². The van der Waals surface area contributed by atoms with E-state index in [1.165, 1.54) is 77.0 Å². The summed E-state index contributed by atoms with van der Waals surface area (Å²) < 4.78 is 6.27. The van der Waals surface area contributed by atoms with E-state index < -0.39 is 0 Å². The molecule has 0 aromatic heterocycles. The topological polar surface area (TPSA) is 21.3 Å². The zero-order valence-corrected chi connectivity index (χ0v) is 14.0. The molecule has 1 aliphatic heterocycles. The van der Waals surface area contributed by atoms with Crippen molar-refractivity contribution in [3.8, 4) is 0 Å². The first kappa shape index (κ1) is 15.8. The first-order valence-electron chi connectivity index (χ1n) is 9.70. The molecular formula is C19H35NO. The van der Waals surface area contributed by atoms with Crippen LogP contribution >= 0.6 is 0 Å². The Morgan fingerprint density at radius 2 is 1.67 bits per heavy atom. The average molecular weight is 293 g/mol. The van der Waals surface area contributed by atoms with Crippen LogP contribution in [-0.2, 0) is 4.74 Å². The Kier molecular flexibility index (Phi) is 5.61. The lowest BCUT2D eigenvalue weighted by molar-refractivity contribution is -0.101. The highest BCUT2D eigenvalue weighted by atomic mass is 16.5. The standard InChI is InChI=1S/C19H35NO/c1-2-20-18(16-9-5-3-4-6-10-16)17-11-14-21-19(15-17)12-7-8-13-19/h16-18,20H,2-15H2,1H3. The van der Waals surface area contributed by atoms with Crippen LogP contribution in [0.1, 0.15) is 84.0 Å². The van der Waals surface area contributed by atoms with Gasteiger partial charge in [-0.1, -0.05) is 45.4 Å². The van der Waals surface area contributed by atoms with Crippen LogP contribution in [0.3, 0.4) is 0 Å². The summed E-state index contributed by atoms with van der Waals surface area (Å²) in [5.41, 5.74) is 0.279. The highest BCUT2D eigenvalue weighted by Gasteiger charge is 2.43. The molecule has 2 atom stereocenters. The Labute approximate surface area is 131 Å². The van der Waals surface area contributed by atoms with E-state index in [0.29, 0.717) is 0 Å². The fourth-order valence-corrected chi connectivity index (χ4v) is 5.36. The van der Waals surface area contributed by atoms with Gasteiger partial charge in [-0.3, -0.25) is 0 Å². The molecule has 1 spiro atoms. The number of ether oxygens (including phenoxy) is 1. The summed E-state index contributed by atoms with van der Waals surface area (Å²) in [5.74, 6) is 1.79. The van der Waals surface area contributed by atoms with Crippen molar-refractivity contribution in [1.29, 1.82) is 0 Å². The minimum atomic E-state index is 0.279. The molecule has 2 saturated carbocycles. The van der Waals surface area contributed by atoms with Crippen LogP contribution in [-0.4, -0.2) is 24.8 Å². The third-order valence-electron chi connectivity index (χ3n) is 6.40. The molecule has 3 aliphatic rings. The lowest BCUT2D eigenvalue weighted by atomic mass is 9.74. The summed E-state index contributed by atoms with van der Waals surface area (Å²) in [4.78, 5) is 0. The van der Waals surface area contributed by atoms with E-state index in [1.807, 2.05) is 0 Å². The van der Waals surface area contributed by atoms with Gasteiger partial charge in [0, 0.05) is 12.6 Å². The highest BCUT2D eigenvalue weighted by Crippen LogP contribution is 2.44. The Morgan fingerprint density at radius 1 is 0.952 bits per heavy atom. The fourth-order valence-electron chi connectivity index (χ4n) is 5.36. The summed E-state index contributed by atoms with van der Waals surface area (Å²) in [6.45, 7) is 4.43. The van der Waals surface area contributed by atoms with Crippen LogP contribution in [0.5, 0.6) is 0 Å². The largest absolute Gasteiger partial charge is 0.375 e. The number of nitrogens with one attached hydrogen (secondary N) is 1. The molecule has 21 heavy (non-hydrogen) atoms. The van der Waals surface area contributed by atoms with Crippen molar-refractivity contribution in [1.82, 2.24) is 5.32 Å². The molecule has 122 valence electrons. The van der Waals surface area contributed by atoms with Crippen molar-refractivity contribution in [2.24, 2.45) is 11.8 Å². The minimum Gasteiger partial charge on any atom is -0.375 e. The zero-order chi connectivity index (χ0) is 14.5. The summed E-state index contributed by atoms with van der Waals surface area (Å²) in [7, 11) is 0. The summed E-state index contributed by atoms with van der Waals surface area (Å²) in [6.07, 6.45) is 16.8. The molecule has 0 amide bonds. The van der Waals surface area contributed by atoms with E-state index >= 15 is 0 Å². The summed E-state index contributed by atoms with van der Waals surface area (Å²) in [5, 5.41) is 3.90. The number of hydrogen-bond donors (Lipinski definition) is 1. The van der Waals surface area contributed by atoms with Crippen molar-refractivity contribution < 1.29 is 4.74 Å². The molecule has 2 unspecified atom stereocenters. The van der Waals surface area contributed by atoms with Crippen LogP contribution in [0, 0.1) is 11.8 Å². The van der Waals surface area contributed by atoms with Gasteiger partial charge in [0.15, 0.2) is 0 Å². The number of hydrogen-bond acceptors (Lipinski definition) is 2. The molecule has 1 saturated heterocycles. The van der Waals surface area contributed by atoms with E-state index in [4.69, 9.17) is 4.74 Å². The quantitative estimate of drug-likeness (QED) is 0.760. The molecule has 2 heteroatoms. The van der Waals surface area contributed by atoms with E-state index in [2.05, 4.69) is 12.2 Å². The molecule has 0 bridgehead atoms. The maximum atomic E-state index is 6.27. The third-order valence-corrected chi connectivity index (χ3v) is 6.40. The molecule has 1 N–H and O–H groups in total. The van der Waals surface area contributed by atoms with Gasteiger partial charge in [0.1, 0.15) is 0 Å². The second-order valence-electron chi connectivity index (χ2n) is 7.83. The van der Waals surface area contributed by atoms with Crippen molar-refractivity contribution in [2.75, 3.05) is 13.2 Å². The van der Waals surface area contributed by atoms with Gasteiger partial charge in [-0.05, 0) is 56.9 Å². The molecule has 0 aromatic rings. The van der Waals surface area contributed by atoms with E-state index in [0.717, 1.165) is 31.0 Å². The van der Waals surface area contributed by atoms with E-state index in [1.54, 1.807) is 0 Å². The van der Waals surface area contributed by atoms with Crippen LogP contribution in [0.2, 0.25) is 0 Å². The van der Waals surface area contributed by atoms with Crippen LogP contribution in [0.25, 0.3) is 0 Å². The molecule has 2 aliphatic carbocycles. The van der Waals surface area contributed by atoms with Gasteiger partial charge in [-0.25, -0.2) is 0 Å². The minimum absolute atomic E-state index is 0.279. The fraction of sp³-hybridized carbons (Fsp3) is 1.00. The molecule has 1 heterocycles. The van der Waals surface area contributed by atoms with Gasteiger partial charge < -0.3 is 10.1 Å². The second kappa shape index (κ2) is 7.46. The first-order chi connectivity index (χ1) is 10.3. The molecule has 3 rings (SSSR count).